The largest absolute Gasteiger partial charge is 0.482 e. The average molecular weight is 303 g/mol. The van der Waals surface area contributed by atoms with Crippen LogP contribution in [0.1, 0.15) is 46.0 Å². The molecule has 0 spiro atoms. The lowest BCUT2D eigenvalue weighted by Crippen LogP contribution is -2.21. The molecule has 0 bridgehead atoms. The molecular formula is C16H24F3NO. The molecule has 21 heavy (non-hydrogen) atoms. The van der Waals surface area contributed by atoms with Crippen LogP contribution in [0.3, 0.4) is 0 Å². The summed E-state index contributed by atoms with van der Waals surface area (Å²) in [5, 5.41) is 3.23. The normalized spacial score (nSPS) is 13.0. The van der Waals surface area contributed by atoms with Crippen LogP contribution in [-0.2, 0) is 0 Å². The third-order valence-corrected chi connectivity index (χ3v) is 3.17. The molecule has 0 amide bonds. The van der Waals surface area contributed by atoms with Gasteiger partial charge in [0.25, 0.3) is 0 Å². The maximum absolute atomic E-state index is 12.2. The number of hydrogen-bond acceptors (Lipinski definition) is 2. The first kappa shape index (κ1) is 17.7. The molecule has 5 heteroatoms. The Kier molecular flexibility index (Phi) is 7.40. The van der Waals surface area contributed by atoms with E-state index in [0.29, 0.717) is 5.69 Å². The van der Waals surface area contributed by atoms with Gasteiger partial charge < -0.3 is 10.1 Å². The number of rotatable bonds is 9. The molecule has 1 unspecified atom stereocenters. The molecule has 0 aliphatic rings. The third kappa shape index (κ3) is 7.83. The monoisotopic (exact) mass is 303 g/mol. The van der Waals surface area contributed by atoms with Gasteiger partial charge in [-0.25, -0.2) is 0 Å². The molecule has 0 saturated carbocycles. The van der Waals surface area contributed by atoms with Crippen molar-refractivity contribution in [1.29, 1.82) is 0 Å². The van der Waals surface area contributed by atoms with Crippen molar-refractivity contribution in [2.75, 3.05) is 11.9 Å². The number of ether oxygens (including phenoxy) is 1. The number of nitrogens with one attached hydrogen (secondary N) is 1. The van der Waals surface area contributed by atoms with Gasteiger partial charge in [0.15, 0.2) is 6.61 Å². The minimum atomic E-state index is -4.32. The minimum Gasteiger partial charge on any atom is -0.482 e. The summed E-state index contributed by atoms with van der Waals surface area (Å²) in [6.45, 7) is 2.93. The predicted molar refractivity (Wildman–Crippen MR) is 79.8 cm³/mol. The highest BCUT2D eigenvalue weighted by Gasteiger charge is 2.28. The molecule has 0 heterocycles. The molecule has 0 aromatic heterocycles. The number of alkyl halides is 3. The Morgan fingerprint density at radius 3 is 2.52 bits per heavy atom. The van der Waals surface area contributed by atoms with Crippen molar-refractivity contribution >= 4 is 5.69 Å². The van der Waals surface area contributed by atoms with E-state index in [1.54, 1.807) is 24.3 Å². The van der Waals surface area contributed by atoms with Crippen LogP contribution >= 0.6 is 0 Å². The lowest BCUT2D eigenvalue weighted by molar-refractivity contribution is -0.153. The van der Waals surface area contributed by atoms with E-state index in [1.807, 2.05) is 6.92 Å². The van der Waals surface area contributed by atoms with E-state index in [9.17, 15) is 13.2 Å². The van der Waals surface area contributed by atoms with Crippen molar-refractivity contribution in [2.45, 2.75) is 58.2 Å². The van der Waals surface area contributed by atoms with Crippen LogP contribution in [0.25, 0.3) is 0 Å². The molecule has 120 valence electrons. The van der Waals surface area contributed by atoms with Crippen LogP contribution in [-0.4, -0.2) is 18.8 Å². The highest BCUT2D eigenvalue weighted by molar-refractivity contribution is 5.56. The molecule has 1 N–H and O–H groups in total. The zero-order valence-corrected chi connectivity index (χ0v) is 12.7. The number of benzene rings is 1. The second-order valence-corrected chi connectivity index (χ2v) is 5.29. The fourth-order valence-electron chi connectivity index (χ4n) is 2.09. The van der Waals surface area contributed by atoms with Gasteiger partial charge in [-0.05, 0) is 25.5 Å². The Morgan fingerprint density at radius 2 is 1.86 bits per heavy atom. The summed E-state index contributed by atoms with van der Waals surface area (Å²) in [5.74, 6) is 0.246. The van der Waals surface area contributed by atoms with Crippen LogP contribution in [0.2, 0.25) is 0 Å². The quantitative estimate of drug-likeness (QED) is 0.617. The van der Waals surface area contributed by atoms with Gasteiger partial charge in [0.05, 0.1) is 5.69 Å². The highest BCUT2D eigenvalue weighted by Crippen LogP contribution is 2.27. The summed E-state index contributed by atoms with van der Waals surface area (Å²) in [6, 6.07) is 6.96. The SMILES string of the molecule is CCCCCCC(C)Nc1ccccc1OCC(F)(F)F. The zero-order valence-electron chi connectivity index (χ0n) is 12.7. The van der Waals surface area contributed by atoms with Gasteiger partial charge >= 0.3 is 6.18 Å². The number of hydrogen-bond donors (Lipinski definition) is 1. The second kappa shape index (κ2) is 8.80. The number of para-hydroxylation sites is 2. The van der Waals surface area contributed by atoms with E-state index in [1.165, 1.54) is 19.3 Å². The van der Waals surface area contributed by atoms with Crippen molar-refractivity contribution in [1.82, 2.24) is 0 Å². The zero-order chi connectivity index (χ0) is 15.7. The van der Waals surface area contributed by atoms with Crippen molar-refractivity contribution in [3.63, 3.8) is 0 Å². The van der Waals surface area contributed by atoms with Gasteiger partial charge in [-0.15, -0.1) is 0 Å². The van der Waals surface area contributed by atoms with Gasteiger partial charge in [-0.2, -0.15) is 13.2 Å². The molecule has 0 aliphatic carbocycles. The minimum absolute atomic E-state index is 0.206. The lowest BCUT2D eigenvalue weighted by atomic mass is 10.1. The van der Waals surface area contributed by atoms with Crippen LogP contribution in [0.15, 0.2) is 24.3 Å². The Hall–Kier alpha value is -1.39. The third-order valence-electron chi connectivity index (χ3n) is 3.17. The predicted octanol–water partition coefficient (Wildman–Crippen LogP) is 5.40. The maximum Gasteiger partial charge on any atom is 0.422 e. The second-order valence-electron chi connectivity index (χ2n) is 5.29. The van der Waals surface area contributed by atoms with Gasteiger partial charge in [0.2, 0.25) is 0 Å². The molecule has 2 nitrogen and oxygen atoms in total. The Labute approximate surface area is 124 Å². The van der Waals surface area contributed by atoms with Crippen molar-refractivity contribution < 1.29 is 17.9 Å². The van der Waals surface area contributed by atoms with E-state index >= 15 is 0 Å². The number of halogens is 3. The molecule has 0 fully saturated rings. The van der Waals surface area contributed by atoms with E-state index < -0.39 is 12.8 Å². The Bertz CT molecular complexity index is 407. The Balaban J connectivity index is 2.50. The summed E-state index contributed by atoms with van der Waals surface area (Å²) in [4.78, 5) is 0. The fourth-order valence-corrected chi connectivity index (χ4v) is 2.09. The standard InChI is InChI=1S/C16H24F3NO/c1-3-4-5-6-9-13(2)20-14-10-7-8-11-15(14)21-12-16(17,18)19/h7-8,10-11,13,20H,3-6,9,12H2,1-2H3. The lowest BCUT2D eigenvalue weighted by Gasteiger charge is -2.18. The van der Waals surface area contributed by atoms with Crippen LogP contribution < -0.4 is 10.1 Å². The van der Waals surface area contributed by atoms with E-state index in [2.05, 4.69) is 12.2 Å². The maximum atomic E-state index is 12.2. The summed E-state index contributed by atoms with van der Waals surface area (Å²) in [6.07, 6.45) is 1.39. The van der Waals surface area contributed by atoms with Crippen molar-refractivity contribution in [2.24, 2.45) is 0 Å². The van der Waals surface area contributed by atoms with Gasteiger partial charge in [-0.1, -0.05) is 44.7 Å². The van der Waals surface area contributed by atoms with Crippen molar-refractivity contribution in [3.8, 4) is 5.75 Å². The molecule has 0 radical (unpaired) electrons. The highest BCUT2D eigenvalue weighted by atomic mass is 19.4. The van der Waals surface area contributed by atoms with Crippen LogP contribution in [0, 0.1) is 0 Å². The molecule has 1 rings (SSSR count). The van der Waals surface area contributed by atoms with E-state index in [-0.39, 0.29) is 11.8 Å². The summed E-state index contributed by atoms with van der Waals surface area (Å²) in [5.41, 5.74) is 0.616. The average Bonchev–Trinajstić information content (AvgIpc) is 2.42. The van der Waals surface area contributed by atoms with Gasteiger partial charge in [0.1, 0.15) is 5.75 Å². The molecule has 0 aliphatic heterocycles. The molecular weight excluding hydrogens is 279 g/mol. The molecule has 1 atom stereocenters. The van der Waals surface area contributed by atoms with E-state index in [0.717, 1.165) is 12.8 Å². The number of anilines is 1. The Morgan fingerprint density at radius 1 is 1.14 bits per heavy atom. The first-order valence-electron chi connectivity index (χ1n) is 7.47. The summed E-state index contributed by atoms with van der Waals surface area (Å²) in [7, 11) is 0. The fraction of sp³-hybridized carbons (Fsp3) is 0.625. The van der Waals surface area contributed by atoms with Crippen LogP contribution in [0.4, 0.5) is 18.9 Å². The summed E-state index contributed by atoms with van der Waals surface area (Å²) < 4.78 is 41.5. The number of unbranched alkanes of at least 4 members (excludes halogenated alkanes) is 3. The first-order chi connectivity index (χ1) is 9.92. The van der Waals surface area contributed by atoms with E-state index in [4.69, 9.17) is 4.74 Å². The van der Waals surface area contributed by atoms with Crippen molar-refractivity contribution in [3.05, 3.63) is 24.3 Å². The molecule has 1 aromatic rings. The summed E-state index contributed by atoms with van der Waals surface area (Å²) >= 11 is 0. The van der Waals surface area contributed by atoms with Gasteiger partial charge in [0, 0.05) is 6.04 Å². The first-order valence-corrected chi connectivity index (χ1v) is 7.47. The molecule has 0 saturated heterocycles. The smallest absolute Gasteiger partial charge is 0.422 e. The van der Waals surface area contributed by atoms with Crippen LogP contribution in [0.5, 0.6) is 5.75 Å². The topological polar surface area (TPSA) is 21.3 Å². The molecule has 1 aromatic carbocycles. The van der Waals surface area contributed by atoms with Gasteiger partial charge in [-0.3, -0.25) is 0 Å².